The third-order valence-electron chi connectivity index (χ3n) is 7.73. The molecular weight excluding hydrogens is 544 g/mol. The Morgan fingerprint density at radius 3 is 0.750 bits per heavy atom. The van der Waals surface area contributed by atoms with E-state index in [1.54, 1.807) is 48.5 Å². The summed E-state index contributed by atoms with van der Waals surface area (Å²) in [6, 6.07) is 55.7. The van der Waals surface area contributed by atoms with Crippen LogP contribution in [-0.2, 0) is 20.7 Å². The summed E-state index contributed by atoms with van der Waals surface area (Å²) >= 11 is 0. The Balaban J connectivity index is 1.76. The Morgan fingerprint density at radius 1 is 0.318 bits per heavy atom. The van der Waals surface area contributed by atoms with E-state index in [4.69, 9.17) is 9.47 Å². The molecule has 214 valence electrons. The van der Waals surface area contributed by atoms with Gasteiger partial charge >= 0.3 is 11.9 Å². The minimum Gasteiger partial charge on any atom is -0.440 e. The predicted octanol–water partition coefficient (Wildman–Crippen LogP) is 8.59. The van der Waals surface area contributed by atoms with Crippen LogP contribution in [0.1, 0.15) is 43.0 Å². The van der Waals surface area contributed by atoms with Crippen LogP contribution in [0.5, 0.6) is 0 Å². The number of esters is 2. The second-order valence-corrected chi connectivity index (χ2v) is 10.3. The maximum Gasteiger partial charge on any atom is 0.339 e. The van der Waals surface area contributed by atoms with Crippen molar-refractivity contribution in [1.29, 1.82) is 0 Å². The summed E-state index contributed by atoms with van der Waals surface area (Å²) in [5.41, 5.74) is -0.145. The first-order valence-electron chi connectivity index (χ1n) is 14.4. The van der Waals surface area contributed by atoms with Crippen LogP contribution < -0.4 is 0 Å². The van der Waals surface area contributed by atoms with Crippen LogP contribution in [0.2, 0.25) is 0 Å². The van der Waals surface area contributed by atoms with Crippen molar-refractivity contribution < 1.29 is 19.1 Å². The van der Waals surface area contributed by atoms with Gasteiger partial charge in [0.25, 0.3) is 0 Å². The lowest BCUT2D eigenvalue weighted by atomic mass is 9.65. The fraction of sp³-hybridized carbons (Fsp3) is 0.0500. The molecule has 0 spiro atoms. The van der Waals surface area contributed by atoms with Gasteiger partial charge < -0.3 is 9.47 Å². The molecule has 0 heterocycles. The lowest BCUT2D eigenvalue weighted by molar-refractivity contribution is -0.129. The highest BCUT2D eigenvalue weighted by Crippen LogP contribution is 2.55. The molecule has 0 N–H and O–H groups in total. The number of hydrogen-bond donors (Lipinski definition) is 0. The average molecular weight is 575 g/mol. The van der Waals surface area contributed by atoms with Crippen molar-refractivity contribution in [3.8, 4) is 0 Å². The van der Waals surface area contributed by atoms with Crippen LogP contribution in [0.25, 0.3) is 0 Å². The molecule has 6 aromatic carbocycles. The van der Waals surface area contributed by atoms with E-state index in [-0.39, 0.29) is 0 Å². The van der Waals surface area contributed by atoms with Gasteiger partial charge in [-0.25, -0.2) is 9.59 Å². The lowest BCUT2D eigenvalue weighted by Crippen LogP contribution is -2.56. The Morgan fingerprint density at radius 2 is 0.523 bits per heavy atom. The van der Waals surface area contributed by atoms with E-state index in [1.807, 2.05) is 133 Å². The van der Waals surface area contributed by atoms with Crippen molar-refractivity contribution in [3.63, 3.8) is 0 Å². The molecule has 6 rings (SSSR count). The molecule has 0 aliphatic rings. The van der Waals surface area contributed by atoms with Crippen molar-refractivity contribution in [1.82, 2.24) is 0 Å². The molecule has 0 bridgehead atoms. The minimum atomic E-state index is -1.70. The largest absolute Gasteiger partial charge is 0.440 e. The van der Waals surface area contributed by atoms with Gasteiger partial charge in [0.2, 0.25) is 11.2 Å². The quantitative estimate of drug-likeness (QED) is 0.162. The number of rotatable bonds is 9. The monoisotopic (exact) mass is 574 g/mol. The number of carbonyl (C=O) groups excluding carboxylic acids is 2. The fourth-order valence-electron chi connectivity index (χ4n) is 5.76. The first-order chi connectivity index (χ1) is 21.6. The van der Waals surface area contributed by atoms with E-state index in [2.05, 4.69) is 0 Å². The smallest absolute Gasteiger partial charge is 0.339 e. The molecule has 0 atom stereocenters. The third kappa shape index (κ3) is 5.18. The molecule has 4 nitrogen and oxygen atoms in total. The molecule has 0 saturated heterocycles. The third-order valence-corrected chi connectivity index (χ3v) is 7.73. The summed E-state index contributed by atoms with van der Waals surface area (Å²) in [7, 11) is 0. The van der Waals surface area contributed by atoms with Gasteiger partial charge in [0.05, 0.1) is 11.1 Å². The van der Waals surface area contributed by atoms with Gasteiger partial charge in [-0.05, 0) is 24.3 Å². The average Bonchev–Trinajstić information content (AvgIpc) is 3.12. The summed E-state index contributed by atoms with van der Waals surface area (Å²) in [5.74, 6) is -1.13. The highest BCUT2D eigenvalue weighted by Gasteiger charge is 2.62. The maximum atomic E-state index is 14.3. The molecule has 0 radical (unpaired) electrons. The molecule has 0 fully saturated rings. The number of benzene rings is 6. The van der Waals surface area contributed by atoms with Crippen LogP contribution in [0.4, 0.5) is 0 Å². The molecule has 0 unspecified atom stereocenters. The molecule has 4 heteroatoms. The van der Waals surface area contributed by atoms with E-state index < -0.39 is 23.1 Å². The summed E-state index contributed by atoms with van der Waals surface area (Å²) in [4.78, 5) is 28.6. The highest BCUT2D eigenvalue weighted by atomic mass is 16.6. The van der Waals surface area contributed by atoms with E-state index in [9.17, 15) is 9.59 Å². The van der Waals surface area contributed by atoms with Crippen molar-refractivity contribution in [2.24, 2.45) is 0 Å². The number of ether oxygens (including phenoxy) is 2. The predicted molar refractivity (Wildman–Crippen MR) is 171 cm³/mol. The van der Waals surface area contributed by atoms with Crippen molar-refractivity contribution in [2.75, 3.05) is 0 Å². The van der Waals surface area contributed by atoms with E-state index in [1.165, 1.54) is 0 Å². The SMILES string of the molecule is O=C(OC(c1ccccc1)(c1ccccc1)C(OC(=O)c1ccccc1)(c1ccccc1)c1ccccc1)c1ccccc1. The van der Waals surface area contributed by atoms with Gasteiger partial charge in [0, 0.05) is 22.3 Å². The Bertz CT molecular complexity index is 1590. The second kappa shape index (κ2) is 12.6. The summed E-state index contributed by atoms with van der Waals surface area (Å²) in [5, 5.41) is 0. The van der Waals surface area contributed by atoms with Gasteiger partial charge in [-0.2, -0.15) is 0 Å². The fourth-order valence-corrected chi connectivity index (χ4v) is 5.76. The maximum absolute atomic E-state index is 14.3. The molecule has 6 aromatic rings. The molecule has 0 amide bonds. The van der Waals surface area contributed by atoms with Crippen molar-refractivity contribution in [2.45, 2.75) is 11.2 Å². The van der Waals surface area contributed by atoms with Gasteiger partial charge in [0.1, 0.15) is 0 Å². The molecular formula is C40H30O4. The highest BCUT2D eigenvalue weighted by molar-refractivity contribution is 5.91. The standard InChI is InChI=1S/C40H30O4/c41-37(31-19-7-1-8-20-31)43-39(33-23-11-3-12-24-33,34-25-13-4-14-26-34)40(35-27-15-5-16-28-35,36-29-17-6-18-30-36)44-38(42)32-21-9-2-10-22-32/h1-30H. The Kier molecular flexibility index (Phi) is 8.15. The van der Waals surface area contributed by atoms with Gasteiger partial charge in [-0.3, -0.25) is 0 Å². The van der Waals surface area contributed by atoms with Crippen molar-refractivity contribution >= 4 is 11.9 Å². The number of carbonyl (C=O) groups is 2. The summed E-state index contributed by atoms with van der Waals surface area (Å²) < 4.78 is 13.8. The van der Waals surface area contributed by atoms with Crippen LogP contribution in [-0.4, -0.2) is 11.9 Å². The minimum absolute atomic E-state index is 0.369. The topological polar surface area (TPSA) is 52.6 Å². The summed E-state index contributed by atoms with van der Waals surface area (Å²) in [6.07, 6.45) is 0. The zero-order valence-electron chi connectivity index (χ0n) is 24.0. The lowest BCUT2D eigenvalue weighted by Gasteiger charge is -2.49. The van der Waals surface area contributed by atoms with Crippen LogP contribution in [0.15, 0.2) is 182 Å². The van der Waals surface area contributed by atoms with Crippen molar-refractivity contribution in [3.05, 3.63) is 215 Å². The molecule has 0 aliphatic carbocycles. The zero-order chi connectivity index (χ0) is 30.2. The normalized spacial score (nSPS) is 11.4. The summed E-state index contributed by atoms with van der Waals surface area (Å²) in [6.45, 7) is 0. The molecule has 0 saturated carbocycles. The molecule has 0 aromatic heterocycles. The van der Waals surface area contributed by atoms with E-state index in [0.29, 0.717) is 33.4 Å². The molecule has 44 heavy (non-hydrogen) atoms. The van der Waals surface area contributed by atoms with Crippen LogP contribution >= 0.6 is 0 Å². The van der Waals surface area contributed by atoms with Gasteiger partial charge in [-0.15, -0.1) is 0 Å². The molecule has 0 aliphatic heterocycles. The Labute approximate surface area is 257 Å². The van der Waals surface area contributed by atoms with Crippen LogP contribution in [0, 0.1) is 0 Å². The van der Waals surface area contributed by atoms with E-state index in [0.717, 1.165) is 0 Å². The first kappa shape index (κ1) is 28.4. The number of hydrogen-bond acceptors (Lipinski definition) is 4. The zero-order valence-corrected chi connectivity index (χ0v) is 24.0. The van der Waals surface area contributed by atoms with Gasteiger partial charge in [0.15, 0.2) is 0 Å². The Hall–Kier alpha value is -5.74. The second-order valence-electron chi connectivity index (χ2n) is 10.3. The van der Waals surface area contributed by atoms with E-state index >= 15 is 0 Å². The van der Waals surface area contributed by atoms with Gasteiger partial charge in [-0.1, -0.05) is 158 Å². The first-order valence-corrected chi connectivity index (χ1v) is 14.4. The van der Waals surface area contributed by atoms with Crippen LogP contribution in [0.3, 0.4) is 0 Å².